The Kier molecular flexibility index (Phi) is 4.85. The van der Waals surface area contributed by atoms with Gasteiger partial charge in [-0.2, -0.15) is 0 Å². The van der Waals surface area contributed by atoms with E-state index in [4.69, 9.17) is 0 Å². The maximum Gasteiger partial charge on any atom is 0.292 e. The summed E-state index contributed by atoms with van der Waals surface area (Å²) in [6, 6.07) is 15.3. The normalized spacial score (nSPS) is 11.7. The second kappa shape index (κ2) is 6.81. The highest BCUT2D eigenvalue weighted by Gasteiger charge is 2.20. The third kappa shape index (κ3) is 3.77. The molecule has 4 heteroatoms. The van der Waals surface area contributed by atoms with E-state index in [-0.39, 0.29) is 6.61 Å². The first-order valence-corrected chi connectivity index (χ1v) is 6.69. The van der Waals surface area contributed by atoms with E-state index in [0.29, 0.717) is 5.56 Å². The van der Waals surface area contributed by atoms with Gasteiger partial charge in [0.05, 0.1) is 12.6 Å². The fourth-order valence-electron chi connectivity index (χ4n) is 1.98. The van der Waals surface area contributed by atoms with Crippen LogP contribution in [0.2, 0.25) is 0 Å². The predicted octanol–water partition coefficient (Wildman–Crippen LogP) is 2.03. The molecule has 2 aromatic rings. The molecule has 2 aromatic carbocycles. The van der Waals surface area contributed by atoms with Crippen molar-refractivity contribution in [3.8, 4) is 0 Å². The van der Waals surface area contributed by atoms with Crippen molar-refractivity contribution in [3.63, 3.8) is 0 Å². The second-order valence-corrected chi connectivity index (χ2v) is 4.81. The van der Waals surface area contributed by atoms with Crippen LogP contribution in [0.3, 0.4) is 0 Å². The lowest BCUT2D eigenvalue weighted by molar-refractivity contribution is -0.118. The summed E-state index contributed by atoms with van der Waals surface area (Å²) in [6.45, 7) is 1.64. The van der Waals surface area contributed by atoms with Gasteiger partial charge in [-0.3, -0.25) is 9.59 Å². The molecule has 0 heterocycles. The summed E-state index contributed by atoms with van der Waals surface area (Å²) in [5, 5.41) is 11.9. The van der Waals surface area contributed by atoms with Crippen LogP contribution < -0.4 is 5.32 Å². The molecule has 0 saturated heterocycles. The molecule has 1 atom stereocenters. The van der Waals surface area contributed by atoms with Gasteiger partial charge in [0, 0.05) is 5.56 Å². The Morgan fingerprint density at radius 3 is 2.24 bits per heavy atom. The molecule has 0 radical (unpaired) electrons. The maximum atomic E-state index is 12.0. The molecular weight excluding hydrogens is 266 g/mol. The molecular formula is C17H17NO3. The minimum atomic E-state index is -0.721. The zero-order valence-electron chi connectivity index (χ0n) is 11.7. The van der Waals surface area contributed by atoms with Crippen LogP contribution in [-0.4, -0.2) is 23.4 Å². The molecule has 2 rings (SSSR count). The zero-order chi connectivity index (χ0) is 15.2. The van der Waals surface area contributed by atoms with Crippen molar-refractivity contribution < 1.29 is 14.7 Å². The van der Waals surface area contributed by atoms with Gasteiger partial charge in [-0.05, 0) is 12.5 Å². The molecule has 0 fully saturated rings. The van der Waals surface area contributed by atoms with Gasteiger partial charge in [-0.1, -0.05) is 60.2 Å². The van der Waals surface area contributed by atoms with E-state index in [0.717, 1.165) is 11.1 Å². The molecule has 0 unspecified atom stereocenters. The molecule has 0 aliphatic heterocycles. The van der Waals surface area contributed by atoms with Crippen molar-refractivity contribution in [1.82, 2.24) is 5.32 Å². The van der Waals surface area contributed by atoms with E-state index in [2.05, 4.69) is 5.32 Å². The quantitative estimate of drug-likeness (QED) is 0.652. The summed E-state index contributed by atoms with van der Waals surface area (Å²) in [7, 11) is 0. The van der Waals surface area contributed by atoms with Crippen LogP contribution >= 0.6 is 0 Å². The molecule has 0 aliphatic rings. The Balaban J connectivity index is 2.09. The van der Waals surface area contributed by atoms with Crippen LogP contribution in [0.15, 0.2) is 54.6 Å². The number of carbonyl (C=O) groups is 2. The number of aryl methyl sites for hydroxylation is 1. The number of Topliss-reactive ketones (excluding diaryl/α,β-unsaturated/α-hetero) is 1. The molecule has 2 N–H and O–H groups in total. The summed E-state index contributed by atoms with van der Waals surface area (Å²) >= 11 is 0. The molecule has 108 valence electrons. The Bertz CT molecular complexity index is 620. The lowest BCUT2D eigenvalue weighted by Gasteiger charge is -2.16. The van der Waals surface area contributed by atoms with Crippen molar-refractivity contribution in [3.05, 3.63) is 71.3 Å². The van der Waals surface area contributed by atoms with Gasteiger partial charge in [-0.25, -0.2) is 0 Å². The van der Waals surface area contributed by atoms with Crippen LogP contribution in [-0.2, 0) is 4.79 Å². The van der Waals surface area contributed by atoms with Crippen LogP contribution in [0, 0.1) is 6.92 Å². The summed E-state index contributed by atoms with van der Waals surface area (Å²) in [5.41, 5.74) is 2.11. The van der Waals surface area contributed by atoms with Crippen LogP contribution in [0.25, 0.3) is 0 Å². The van der Waals surface area contributed by atoms with Gasteiger partial charge in [0.1, 0.15) is 0 Å². The zero-order valence-corrected chi connectivity index (χ0v) is 11.7. The van der Waals surface area contributed by atoms with Crippen molar-refractivity contribution in [2.45, 2.75) is 13.0 Å². The predicted molar refractivity (Wildman–Crippen MR) is 79.9 cm³/mol. The fourth-order valence-corrected chi connectivity index (χ4v) is 1.98. The third-order valence-corrected chi connectivity index (χ3v) is 3.21. The number of aliphatic hydroxyl groups is 1. The maximum absolute atomic E-state index is 12.0. The highest BCUT2D eigenvalue weighted by molar-refractivity contribution is 6.42. The van der Waals surface area contributed by atoms with E-state index in [1.165, 1.54) is 0 Å². The minimum absolute atomic E-state index is 0.267. The first kappa shape index (κ1) is 14.9. The largest absolute Gasteiger partial charge is 0.394 e. The number of nitrogens with one attached hydrogen (secondary N) is 1. The summed E-state index contributed by atoms with van der Waals surface area (Å²) in [4.78, 5) is 24.0. The molecule has 0 bridgehead atoms. The van der Waals surface area contributed by atoms with E-state index in [1.54, 1.807) is 36.4 Å². The van der Waals surface area contributed by atoms with Gasteiger partial charge in [0.2, 0.25) is 5.78 Å². The topological polar surface area (TPSA) is 66.4 Å². The number of ketones is 1. The number of hydrogen-bond acceptors (Lipinski definition) is 3. The van der Waals surface area contributed by atoms with Gasteiger partial charge in [0.15, 0.2) is 0 Å². The summed E-state index contributed by atoms with van der Waals surface area (Å²) < 4.78 is 0. The Hall–Kier alpha value is -2.46. The van der Waals surface area contributed by atoms with Gasteiger partial charge in [-0.15, -0.1) is 0 Å². The molecule has 0 saturated carbocycles. The standard InChI is InChI=1S/C17H17NO3/c1-12-7-9-14(10-8-12)16(20)17(21)18-15(11-19)13-5-3-2-4-6-13/h2-10,15,19H,11H2,1H3,(H,18,21)/t15-/m1/s1. The van der Waals surface area contributed by atoms with Gasteiger partial charge in [0.25, 0.3) is 5.91 Å². The Labute approximate surface area is 123 Å². The number of amides is 1. The molecule has 0 spiro atoms. The van der Waals surface area contributed by atoms with Gasteiger partial charge < -0.3 is 10.4 Å². The summed E-state index contributed by atoms with van der Waals surface area (Å²) in [6.07, 6.45) is 0. The van der Waals surface area contributed by atoms with E-state index >= 15 is 0 Å². The second-order valence-electron chi connectivity index (χ2n) is 4.81. The molecule has 21 heavy (non-hydrogen) atoms. The number of benzene rings is 2. The molecule has 0 aromatic heterocycles. The van der Waals surface area contributed by atoms with Crippen LogP contribution in [0.1, 0.15) is 27.5 Å². The molecule has 0 aliphatic carbocycles. The average molecular weight is 283 g/mol. The monoisotopic (exact) mass is 283 g/mol. The van der Waals surface area contributed by atoms with Crippen molar-refractivity contribution in [1.29, 1.82) is 0 Å². The Morgan fingerprint density at radius 2 is 1.67 bits per heavy atom. The molecule has 1 amide bonds. The van der Waals surface area contributed by atoms with Crippen molar-refractivity contribution in [2.24, 2.45) is 0 Å². The number of hydrogen-bond donors (Lipinski definition) is 2. The van der Waals surface area contributed by atoms with Gasteiger partial charge >= 0.3 is 0 Å². The van der Waals surface area contributed by atoms with Crippen molar-refractivity contribution in [2.75, 3.05) is 6.61 Å². The first-order valence-electron chi connectivity index (χ1n) is 6.69. The highest BCUT2D eigenvalue weighted by atomic mass is 16.3. The van der Waals surface area contributed by atoms with Crippen molar-refractivity contribution >= 4 is 11.7 Å². The average Bonchev–Trinajstić information content (AvgIpc) is 2.53. The molecule has 4 nitrogen and oxygen atoms in total. The first-order chi connectivity index (χ1) is 10.1. The highest BCUT2D eigenvalue weighted by Crippen LogP contribution is 2.12. The lowest BCUT2D eigenvalue weighted by Crippen LogP contribution is -2.36. The Morgan fingerprint density at radius 1 is 1.05 bits per heavy atom. The number of carbonyl (C=O) groups excluding carboxylic acids is 2. The van der Waals surface area contributed by atoms with E-state index in [1.807, 2.05) is 25.1 Å². The lowest BCUT2D eigenvalue weighted by atomic mass is 10.1. The fraction of sp³-hybridized carbons (Fsp3) is 0.176. The van der Waals surface area contributed by atoms with E-state index < -0.39 is 17.7 Å². The number of aliphatic hydroxyl groups excluding tert-OH is 1. The number of rotatable bonds is 5. The smallest absolute Gasteiger partial charge is 0.292 e. The van der Waals surface area contributed by atoms with Crippen LogP contribution in [0.4, 0.5) is 0 Å². The SMILES string of the molecule is Cc1ccc(C(=O)C(=O)N[C@H](CO)c2ccccc2)cc1. The van der Waals surface area contributed by atoms with Crippen LogP contribution in [0.5, 0.6) is 0 Å². The third-order valence-electron chi connectivity index (χ3n) is 3.21. The minimum Gasteiger partial charge on any atom is -0.394 e. The van der Waals surface area contributed by atoms with E-state index in [9.17, 15) is 14.7 Å². The summed E-state index contributed by atoms with van der Waals surface area (Å²) in [5.74, 6) is -1.33.